The Morgan fingerprint density at radius 3 is 2.78 bits per heavy atom. The number of aromatic amines is 1. The lowest BCUT2D eigenvalue weighted by molar-refractivity contribution is 0.0594. The van der Waals surface area contributed by atoms with Crippen LogP contribution in [0.1, 0.15) is 16.2 Å². The summed E-state index contributed by atoms with van der Waals surface area (Å²) in [5.74, 6) is 0.908. The highest BCUT2D eigenvalue weighted by Crippen LogP contribution is 2.22. The minimum Gasteiger partial charge on any atom is -0.497 e. The number of rotatable bonds is 3. The van der Waals surface area contributed by atoms with Crippen LogP contribution in [0.3, 0.4) is 0 Å². The number of methoxy groups -OCH3 is 2. The molecule has 0 atom stereocenters. The first kappa shape index (κ1) is 12.2. The molecular formula is C13H14N2O3. The third-order valence-electron chi connectivity index (χ3n) is 2.61. The first-order valence-electron chi connectivity index (χ1n) is 5.45. The average Bonchev–Trinajstić information content (AvgIpc) is 2.80. The molecule has 94 valence electrons. The second-order valence-corrected chi connectivity index (χ2v) is 3.78. The minimum absolute atomic E-state index is 0.301. The van der Waals surface area contributed by atoms with E-state index in [1.54, 1.807) is 14.0 Å². The Kier molecular flexibility index (Phi) is 3.32. The van der Waals surface area contributed by atoms with Gasteiger partial charge in [-0.2, -0.15) is 0 Å². The van der Waals surface area contributed by atoms with E-state index in [9.17, 15) is 4.79 Å². The van der Waals surface area contributed by atoms with Crippen LogP contribution in [-0.2, 0) is 4.74 Å². The summed E-state index contributed by atoms with van der Waals surface area (Å²) in [5, 5.41) is 0. The molecule has 0 aliphatic rings. The smallest absolute Gasteiger partial charge is 0.358 e. The van der Waals surface area contributed by atoms with Crippen molar-refractivity contribution in [3.05, 3.63) is 35.7 Å². The molecule has 0 fully saturated rings. The van der Waals surface area contributed by atoms with Gasteiger partial charge in [0.05, 0.1) is 14.2 Å². The van der Waals surface area contributed by atoms with Crippen molar-refractivity contribution in [1.82, 2.24) is 9.97 Å². The van der Waals surface area contributed by atoms with Gasteiger partial charge in [-0.05, 0) is 19.1 Å². The Balaban J connectivity index is 2.42. The van der Waals surface area contributed by atoms with Gasteiger partial charge < -0.3 is 14.5 Å². The van der Waals surface area contributed by atoms with Crippen LogP contribution in [0, 0.1) is 6.92 Å². The molecule has 0 amide bonds. The highest BCUT2D eigenvalue weighted by atomic mass is 16.5. The van der Waals surface area contributed by atoms with Crippen molar-refractivity contribution in [3.8, 4) is 17.1 Å². The number of H-pyrrole nitrogens is 1. The number of aromatic nitrogens is 2. The molecule has 0 saturated carbocycles. The van der Waals surface area contributed by atoms with E-state index in [2.05, 4.69) is 14.7 Å². The molecule has 1 heterocycles. The molecule has 5 nitrogen and oxygen atoms in total. The predicted octanol–water partition coefficient (Wildman–Crippen LogP) is 2.18. The molecule has 1 N–H and O–H groups in total. The zero-order valence-corrected chi connectivity index (χ0v) is 10.5. The van der Waals surface area contributed by atoms with E-state index in [1.807, 2.05) is 24.3 Å². The second kappa shape index (κ2) is 4.91. The number of nitrogens with one attached hydrogen (secondary N) is 1. The summed E-state index contributed by atoms with van der Waals surface area (Å²) in [5.41, 5.74) is 1.84. The zero-order valence-electron chi connectivity index (χ0n) is 10.5. The van der Waals surface area contributed by atoms with Crippen molar-refractivity contribution >= 4 is 5.97 Å². The van der Waals surface area contributed by atoms with Gasteiger partial charge in [0.25, 0.3) is 0 Å². The first-order valence-corrected chi connectivity index (χ1v) is 5.45. The number of carbonyl (C=O) groups is 1. The van der Waals surface area contributed by atoms with Crippen LogP contribution < -0.4 is 4.74 Å². The predicted molar refractivity (Wildman–Crippen MR) is 66.7 cm³/mol. The summed E-state index contributed by atoms with van der Waals surface area (Å²) >= 11 is 0. The van der Waals surface area contributed by atoms with Gasteiger partial charge in [0.2, 0.25) is 0 Å². The highest BCUT2D eigenvalue weighted by Gasteiger charge is 2.16. The molecule has 1 aromatic carbocycles. The number of hydrogen-bond acceptors (Lipinski definition) is 4. The highest BCUT2D eigenvalue weighted by molar-refractivity contribution is 5.89. The monoisotopic (exact) mass is 246 g/mol. The van der Waals surface area contributed by atoms with E-state index in [0.29, 0.717) is 17.2 Å². The van der Waals surface area contributed by atoms with E-state index in [0.717, 1.165) is 11.3 Å². The summed E-state index contributed by atoms with van der Waals surface area (Å²) in [6, 6.07) is 7.45. The van der Waals surface area contributed by atoms with Crippen LogP contribution in [0.15, 0.2) is 24.3 Å². The van der Waals surface area contributed by atoms with Crippen LogP contribution >= 0.6 is 0 Å². The standard InChI is InChI=1S/C13H14N2O3/c1-8-11(13(16)18-3)15-12(14-8)9-5-4-6-10(7-9)17-2/h4-7H,1-3H3,(H,14,15). The van der Waals surface area contributed by atoms with E-state index in [1.165, 1.54) is 7.11 Å². The quantitative estimate of drug-likeness (QED) is 0.843. The maximum absolute atomic E-state index is 11.5. The lowest BCUT2D eigenvalue weighted by atomic mass is 10.2. The number of carbonyl (C=O) groups excluding carboxylic acids is 1. The Morgan fingerprint density at radius 2 is 2.11 bits per heavy atom. The van der Waals surface area contributed by atoms with E-state index < -0.39 is 5.97 Å². The molecule has 0 saturated heterocycles. The van der Waals surface area contributed by atoms with Gasteiger partial charge in [-0.15, -0.1) is 0 Å². The normalized spacial score (nSPS) is 10.2. The lowest BCUT2D eigenvalue weighted by Crippen LogP contribution is -2.03. The number of ether oxygens (including phenoxy) is 2. The molecule has 0 aliphatic carbocycles. The maximum Gasteiger partial charge on any atom is 0.358 e. The molecule has 2 aromatic rings. The van der Waals surface area contributed by atoms with Crippen molar-refractivity contribution in [2.75, 3.05) is 14.2 Å². The van der Waals surface area contributed by atoms with Gasteiger partial charge in [-0.1, -0.05) is 12.1 Å². The Hall–Kier alpha value is -2.30. The Morgan fingerprint density at radius 1 is 1.33 bits per heavy atom. The van der Waals surface area contributed by atoms with Crippen LogP contribution in [-0.4, -0.2) is 30.2 Å². The second-order valence-electron chi connectivity index (χ2n) is 3.78. The molecule has 5 heteroatoms. The van der Waals surface area contributed by atoms with Crippen LogP contribution in [0.25, 0.3) is 11.4 Å². The molecule has 1 aromatic heterocycles. The van der Waals surface area contributed by atoms with Crippen LogP contribution in [0.2, 0.25) is 0 Å². The van der Waals surface area contributed by atoms with Gasteiger partial charge in [0.15, 0.2) is 5.69 Å². The Bertz CT molecular complexity index is 575. The fourth-order valence-electron chi connectivity index (χ4n) is 1.66. The van der Waals surface area contributed by atoms with Crippen LogP contribution in [0.4, 0.5) is 0 Å². The topological polar surface area (TPSA) is 64.2 Å². The van der Waals surface area contributed by atoms with Crippen molar-refractivity contribution in [2.45, 2.75) is 6.92 Å². The summed E-state index contributed by atoms with van der Waals surface area (Å²) in [4.78, 5) is 18.8. The minimum atomic E-state index is -0.446. The first-order chi connectivity index (χ1) is 8.65. The maximum atomic E-state index is 11.5. The Labute approximate surface area is 105 Å². The number of esters is 1. The molecule has 0 unspecified atom stereocenters. The number of hydrogen-bond donors (Lipinski definition) is 1. The van der Waals surface area contributed by atoms with E-state index in [4.69, 9.17) is 4.74 Å². The third-order valence-corrected chi connectivity index (χ3v) is 2.61. The number of aryl methyl sites for hydroxylation is 1. The van der Waals surface area contributed by atoms with E-state index >= 15 is 0 Å². The van der Waals surface area contributed by atoms with Gasteiger partial charge in [-0.3, -0.25) is 0 Å². The molecule has 2 rings (SSSR count). The van der Waals surface area contributed by atoms with Crippen molar-refractivity contribution in [2.24, 2.45) is 0 Å². The SMILES string of the molecule is COC(=O)c1nc(-c2cccc(OC)c2)[nH]c1C. The van der Waals surface area contributed by atoms with Gasteiger partial charge in [-0.25, -0.2) is 9.78 Å². The van der Waals surface area contributed by atoms with E-state index in [-0.39, 0.29) is 0 Å². The van der Waals surface area contributed by atoms with Crippen molar-refractivity contribution in [1.29, 1.82) is 0 Å². The largest absolute Gasteiger partial charge is 0.497 e. The van der Waals surface area contributed by atoms with Gasteiger partial charge in [0.1, 0.15) is 11.6 Å². The molecule has 0 spiro atoms. The van der Waals surface area contributed by atoms with Gasteiger partial charge >= 0.3 is 5.97 Å². The fraction of sp³-hybridized carbons (Fsp3) is 0.231. The molecule has 18 heavy (non-hydrogen) atoms. The summed E-state index contributed by atoms with van der Waals surface area (Å²) in [6.07, 6.45) is 0. The molecule has 0 radical (unpaired) electrons. The number of benzene rings is 1. The third kappa shape index (κ3) is 2.20. The zero-order chi connectivity index (χ0) is 13.1. The molecule has 0 bridgehead atoms. The lowest BCUT2D eigenvalue weighted by Gasteiger charge is -2.01. The average molecular weight is 246 g/mol. The van der Waals surface area contributed by atoms with Gasteiger partial charge in [0, 0.05) is 11.3 Å². The van der Waals surface area contributed by atoms with Crippen molar-refractivity contribution < 1.29 is 14.3 Å². The molecule has 0 aliphatic heterocycles. The fourth-order valence-corrected chi connectivity index (χ4v) is 1.66. The summed E-state index contributed by atoms with van der Waals surface area (Å²) in [7, 11) is 2.94. The summed E-state index contributed by atoms with van der Waals surface area (Å²) < 4.78 is 9.81. The van der Waals surface area contributed by atoms with Crippen molar-refractivity contribution in [3.63, 3.8) is 0 Å². The number of nitrogens with zero attached hydrogens (tertiary/aromatic N) is 1. The summed E-state index contributed by atoms with van der Waals surface area (Å²) in [6.45, 7) is 1.78. The number of imidazole rings is 1. The van der Waals surface area contributed by atoms with Crippen LogP contribution in [0.5, 0.6) is 5.75 Å². The molecular weight excluding hydrogens is 232 g/mol.